The zero-order valence-corrected chi connectivity index (χ0v) is 22.0. The number of halogens is 3. The van der Waals surface area contributed by atoms with E-state index in [1.54, 1.807) is 4.90 Å². The van der Waals surface area contributed by atoms with E-state index in [4.69, 9.17) is 17.5 Å². The van der Waals surface area contributed by atoms with Gasteiger partial charge in [0.05, 0.1) is 17.4 Å². The SMILES string of the molecule is CN1CCN(CCCc2ccc(N3C(=S)N(c4cnc(C#N)c(C(F)(F)F)c4)C(=O)C34CCC4)cc2)CC1. The van der Waals surface area contributed by atoms with E-state index in [1.807, 2.05) is 24.3 Å². The summed E-state index contributed by atoms with van der Waals surface area (Å²) >= 11 is 5.68. The van der Waals surface area contributed by atoms with Gasteiger partial charge in [0.25, 0.3) is 5.91 Å². The van der Waals surface area contributed by atoms with Gasteiger partial charge in [-0.05, 0) is 81.7 Å². The van der Waals surface area contributed by atoms with E-state index in [1.165, 1.54) is 11.6 Å². The molecule has 2 saturated heterocycles. The fourth-order valence-electron chi connectivity index (χ4n) is 5.48. The standard InChI is InChI=1S/C27H29F3N6OS/c1-33-12-14-34(15-13-33)11-2-4-19-5-7-20(8-6-19)36-25(38)35(24(37)26(36)9-3-10-26)21-16-22(27(28,29)30)23(17-31)32-18-21/h5-8,16,18H,2-4,9-15H2,1H3. The number of nitriles is 1. The van der Waals surface area contributed by atoms with Crippen molar-refractivity contribution in [3.63, 3.8) is 0 Å². The lowest BCUT2D eigenvalue weighted by atomic mass is 9.75. The first-order chi connectivity index (χ1) is 18.1. The fraction of sp³-hybridized carbons (Fsp3) is 0.481. The molecule has 1 aromatic carbocycles. The van der Waals surface area contributed by atoms with E-state index in [9.17, 15) is 18.0 Å². The van der Waals surface area contributed by atoms with Crippen molar-refractivity contribution in [2.75, 3.05) is 49.6 Å². The summed E-state index contributed by atoms with van der Waals surface area (Å²) in [6.07, 6.45) is 0.251. The summed E-state index contributed by atoms with van der Waals surface area (Å²) in [7, 11) is 2.15. The summed E-state index contributed by atoms with van der Waals surface area (Å²) in [5.74, 6) is -0.357. The number of thiocarbonyl (C=S) groups is 1. The van der Waals surface area contributed by atoms with Crippen LogP contribution in [0.1, 0.15) is 42.5 Å². The molecule has 2 aromatic rings. The van der Waals surface area contributed by atoms with E-state index < -0.39 is 23.0 Å². The number of aromatic nitrogens is 1. The molecular weight excluding hydrogens is 513 g/mol. The van der Waals surface area contributed by atoms with Gasteiger partial charge < -0.3 is 14.7 Å². The van der Waals surface area contributed by atoms with E-state index in [-0.39, 0.29) is 16.7 Å². The molecule has 0 unspecified atom stereocenters. The smallest absolute Gasteiger partial charge is 0.304 e. The number of aryl methyl sites for hydroxylation is 1. The summed E-state index contributed by atoms with van der Waals surface area (Å²) in [6, 6.07) is 10.2. The molecule has 200 valence electrons. The Bertz CT molecular complexity index is 1260. The topological polar surface area (TPSA) is 66.7 Å². The highest BCUT2D eigenvalue weighted by Gasteiger charge is 2.59. The number of anilines is 2. The molecule has 5 rings (SSSR count). The van der Waals surface area contributed by atoms with Crippen LogP contribution in [0.5, 0.6) is 0 Å². The fourth-order valence-corrected chi connectivity index (χ4v) is 5.95. The average molecular weight is 543 g/mol. The van der Waals surface area contributed by atoms with Crippen molar-refractivity contribution in [2.45, 2.75) is 43.8 Å². The number of hydrogen-bond acceptors (Lipinski definition) is 6. The number of rotatable bonds is 6. The maximum Gasteiger partial charge on any atom is 0.419 e. The highest BCUT2D eigenvalue weighted by atomic mass is 32.1. The highest BCUT2D eigenvalue weighted by molar-refractivity contribution is 7.81. The van der Waals surface area contributed by atoms with Gasteiger partial charge in [-0.3, -0.25) is 9.69 Å². The van der Waals surface area contributed by atoms with Crippen molar-refractivity contribution >= 4 is 34.6 Å². The third-order valence-corrected chi connectivity index (χ3v) is 8.23. The lowest BCUT2D eigenvalue weighted by Gasteiger charge is -2.43. The number of alkyl halides is 3. The monoisotopic (exact) mass is 542 g/mol. The number of nitrogens with zero attached hydrogens (tertiary/aromatic N) is 6. The van der Waals surface area contributed by atoms with Crippen molar-refractivity contribution in [2.24, 2.45) is 0 Å². The highest BCUT2D eigenvalue weighted by Crippen LogP contribution is 2.48. The molecular formula is C27H29F3N6OS. The van der Waals surface area contributed by atoms with Crippen molar-refractivity contribution < 1.29 is 18.0 Å². The van der Waals surface area contributed by atoms with Crippen molar-refractivity contribution in [1.82, 2.24) is 14.8 Å². The Morgan fingerprint density at radius 1 is 1.11 bits per heavy atom. The Morgan fingerprint density at radius 3 is 2.37 bits per heavy atom. The molecule has 1 amide bonds. The third-order valence-electron chi connectivity index (χ3n) is 7.87. The van der Waals surface area contributed by atoms with Crippen LogP contribution in [0.3, 0.4) is 0 Å². The normalized spacial score (nSPS) is 20.2. The molecule has 38 heavy (non-hydrogen) atoms. The number of carbonyl (C=O) groups excluding carboxylic acids is 1. The molecule has 2 aliphatic heterocycles. The lowest BCUT2D eigenvalue weighted by Crippen LogP contribution is -2.55. The van der Waals surface area contributed by atoms with Gasteiger partial charge in [0, 0.05) is 31.9 Å². The van der Waals surface area contributed by atoms with E-state index >= 15 is 0 Å². The predicted molar refractivity (Wildman–Crippen MR) is 142 cm³/mol. The van der Waals surface area contributed by atoms with Crippen LogP contribution in [-0.4, -0.2) is 71.1 Å². The van der Waals surface area contributed by atoms with Crippen LogP contribution in [-0.2, 0) is 17.4 Å². The minimum absolute atomic E-state index is 0.0828. The Morgan fingerprint density at radius 2 is 1.79 bits per heavy atom. The number of amides is 1. The molecule has 3 fully saturated rings. The molecule has 1 aliphatic carbocycles. The zero-order chi connectivity index (χ0) is 27.1. The minimum Gasteiger partial charge on any atom is -0.304 e. The first-order valence-electron chi connectivity index (χ1n) is 12.8. The largest absolute Gasteiger partial charge is 0.419 e. The summed E-state index contributed by atoms with van der Waals surface area (Å²) in [5, 5.41) is 9.21. The molecule has 1 spiro atoms. The Kier molecular flexibility index (Phi) is 7.15. The van der Waals surface area contributed by atoms with Crippen molar-refractivity contribution in [3.05, 3.63) is 53.3 Å². The summed E-state index contributed by atoms with van der Waals surface area (Å²) in [4.78, 5) is 25.0. The van der Waals surface area contributed by atoms with Crippen LogP contribution < -0.4 is 9.80 Å². The second-order valence-electron chi connectivity index (χ2n) is 10.3. The lowest BCUT2D eigenvalue weighted by molar-refractivity contribution is -0.138. The Balaban J connectivity index is 1.34. The van der Waals surface area contributed by atoms with Gasteiger partial charge in [-0.25, -0.2) is 4.98 Å². The second-order valence-corrected chi connectivity index (χ2v) is 10.6. The van der Waals surface area contributed by atoms with Gasteiger partial charge in [-0.1, -0.05) is 12.1 Å². The van der Waals surface area contributed by atoms with Crippen LogP contribution in [0.15, 0.2) is 36.5 Å². The maximum absolute atomic E-state index is 13.6. The van der Waals surface area contributed by atoms with Crippen molar-refractivity contribution in [3.8, 4) is 6.07 Å². The van der Waals surface area contributed by atoms with Crippen LogP contribution >= 0.6 is 12.2 Å². The summed E-state index contributed by atoms with van der Waals surface area (Å²) in [5.41, 5.74) is -0.990. The maximum atomic E-state index is 13.6. The second kappa shape index (κ2) is 10.2. The number of pyridine rings is 1. The predicted octanol–water partition coefficient (Wildman–Crippen LogP) is 4.21. The van der Waals surface area contributed by atoms with Crippen LogP contribution in [0.2, 0.25) is 0 Å². The van der Waals surface area contributed by atoms with Gasteiger partial charge >= 0.3 is 6.18 Å². The van der Waals surface area contributed by atoms with E-state index in [0.29, 0.717) is 12.8 Å². The first kappa shape index (κ1) is 26.5. The van der Waals surface area contributed by atoms with Crippen LogP contribution in [0, 0.1) is 11.3 Å². The molecule has 7 nitrogen and oxygen atoms in total. The van der Waals surface area contributed by atoms with E-state index in [0.717, 1.165) is 74.8 Å². The first-order valence-corrected chi connectivity index (χ1v) is 13.2. The van der Waals surface area contributed by atoms with Gasteiger partial charge in [0.1, 0.15) is 11.6 Å². The van der Waals surface area contributed by atoms with Gasteiger partial charge in [0.2, 0.25) is 0 Å². The Hall–Kier alpha value is -3.07. The van der Waals surface area contributed by atoms with Gasteiger partial charge in [-0.2, -0.15) is 18.4 Å². The molecule has 0 bridgehead atoms. The molecule has 0 N–H and O–H groups in total. The summed E-state index contributed by atoms with van der Waals surface area (Å²) in [6.45, 7) is 5.42. The molecule has 11 heteroatoms. The van der Waals surface area contributed by atoms with Crippen LogP contribution in [0.4, 0.5) is 24.5 Å². The molecule has 1 aromatic heterocycles. The number of carbonyl (C=O) groups is 1. The number of likely N-dealkylation sites (N-methyl/N-ethyl adjacent to an activating group) is 1. The zero-order valence-electron chi connectivity index (χ0n) is 21.2. The summed E-state index contributed by atoms with van der Waals surface area (Å²) < 4.78 is 40.7. The third kappa shape index (κ3) is 4.77. The molecule has 1 saturated carbocycles. The van der Waals surface area contributed by atoms with Crippen LogP contribution in [0.25, 0.3) is 0 Å². The van der Waals surface area contributed by atoms with E-state index in [2.05, 4.69) is 21.8 Å². The molecule has 3 heterocycles. The number of hydrogen-bond donors (Lipinski definition) is 0. The molecule has 3 aliphatic rings. The average Bonchev–Trinajstić information content (AvgIpc) is 3.11. The van der Waals surface area contributed by atoms with Gasteiger partial charge in [-0.15, -0.1) is 0 Å². The molecule has 0 radical (unpaired) electrons. The minimum atomic E-state index is -4.79. The molecule has 0 atom stereocenters. The van der Waals surface area contributed by atoms with Gasteiger partial charge in [0.15, 0.2) is 10.8 Å². The Labute approximate surface area is 225 Å². The number of piperazine rings is 1. The quantitative estimate of drug-likeness (QED) is 0.507. The van der Waals surface area contributed by atoms with Crippen molar-refractivity contribution in [1.29, 1.82) is 5.26 Å². The number of benzene rings is 1.